The van der Waals surface area contributed by atoms with E-state index < -0.39 is 5.60 Å². The minimum atomic E-state index is -0.466. The molecule has 1 saturated carbocycles. The average molecular weight is 390 g/mol. The number of nitrogens with one attached hydrogen (secondary N) is 3. The van der Waals surface area contributed by atoms with Gasteiger partial charge in [0.05, 0.1) is 12.2 Å². The Kier molecular flexibility index (Phi) is 8.08. The van der Waals surface area contributed by atoms with Crippen LogP contribution < -0.4 is 16.0 Å². The van der Waals surface area contributed by atoms with Crippen molar-refractivity contribution in [2.45, 2.75) is 84.5 Å². The van der Waals surface area contributed by atoms with Crippen LogP contribution in [0.2, 0.25) is 0 Å². The van der Waals surface area contributed by atoms with Gasteiger partial charge in [0.2, 0.25) is 0 Å². The van der Waals surface area contributed by atoms with Gasteiger partial charge in [-0.2, -0.15) is 0 Å². The molecule has 2 rings (SSSR count). The lowest BCUT2D eigenvalue weighted by atomic mass is 9.91. The van der Waals surface area contributed by atoms with Crippen molar-refractivity contribution in [3.05, 3.63) is 29.6 Å². The van der Waals surface area contributed by atoms with E-state index in [2.05, 4.69) is 45.8 Å². The number of alkyl carbamates (subject to hydrolysis) is 1. The maximum atomic E-state index is 11.9. The highest BCUT2D eigenvalue weighted by Crippen LogP contribution is 2.19. The molecular formula is C21H35N5O2. The van der Waals surface area contributed by atoms with Gasteiger partial charge in [-0.05, 0) is 71.9 Å². The van der Waals surface area contributed by atoms with E-state index in [0.717, 1.165) is 49.4 Å². The van der Waals surface area contributed by atoms with E-state index in [1.54, 1.807) is 6.20 Å². The number of carbonyl (C=O) groups excluding carboxylic acids is 1. The summed E-state index contributed by atoms with van der Waals surface area (Å²) in [7, 11) is 0. The van der Waals surface area contributed by atoms with E-state index in [9.17, 15) is 4.79 Å². The van der Waals surface area contributed by atoms with E-state index in [-0.39, 0.29) is 12.1 Å². The molecule has 156 valence electrons. The Bertz CT molecular complexity index is 661. The molecule has 0 bridgehead atoms. The van der Waals surface area contributed by atoms with Crippen molar-refractivity contribution in [2.24, 2.45) is 4.99 Å². The zero-order valence-electron chi connectivity index (χ0n) is 17.8. The number of amides is 1. The van der Waals surface area contributed by atoms with Crippen molar-refractivity contribution < 1.29 is 9.53 Å². The fraction of sp³-hybridized carbons (Fsp3) is 0.667. The van der Waals surface area contributed by atoms with Gasteiger partial charge in [0.15, 0.2) is 5.96 Å². The molecule has 0 radical (unpaired) electrons. The maximum Gasteiger partial charge on any atom is 0.407 e. The minimum absolute atomic E-state index is 0.170. The summed E-state index contributed by atoms with van der Waals surface area (Å²) in [6.07, 6.45) is 5.29. The predicted octanol–water partition coefficient (Wildman–Crippen LogP) is 3.28. The first-order chi connectivity index (χ1) is 13.3. The first kappa shape index (κ1) is 22.0. The molecule has 1 amide bonds. The van der Waals surface area contributed by atoms with E-state index in [0.29, 0.717) is 12.6 Å². The number of nitrogens with zero attached hydrogens (tertiary/aromatic N) is 2. The lowest BCUT2D eigenvalue weighted by Gasteiger charge is -2.31. The van der Waals surface area contributed by atoms with Crippen LogP contribution in [0.3, 0.4) is 0 Å². The SMILES string of the molecule is CCNC(=NCc1ncccc1C)NC1CCC(NC(=O)OC(C)(C)C)CC1. The number of rotatable bonds is 5. The van der Waals surface area contributed by atoms with Gasteiger partial charge in [0.1, 0.15) is 5.60 Å². The van der Waals surface area contributed by atoms with Crippen LogP contribution in [0.15, 0.2) is 23.3 Å². The molecule has 1 aromatic rings. The number of aromatic nitrogens is 1. The summed E-state index contributed by atoms with van der Waals surface area (Å²) < 4.78 is 5.35. The van der Waals surface area contributed by atoms with Crippen LogP contribution in [0.25, 0.3) is 0 Å². The van der Waals surface area contributed by atoms with Gasteiger partial charge in [-0.3, -0.25) is 4.98 Å². The van der Waals surface area contributed by atoms with E-state index >= 15 is 0 Å². The van der Waals surface area contributed by atoms with Crippen LogP contribution in [0.1, 0.15) is 64.6 Å². The van der Waals surface area contributed by atoms with Crippen molar-refractivity contribution in [2.75, 3.05) is 6.54 Å². The van der Waals surface area contributed by atoms with Crippen LogP contribution in [0.5, 0.6) is 0 Å². The normalized spacial score (nSPS) is 20.4. The maximum absolute atomic E-state index is 11.9. The predicted molar refractivity (Wildman–Crippen MR) is 112 cm³/mol. The summed E-state index contributed by atoms with van der Waals surface area (Å²) in [4.78, 5) is 21.0. The summed E-state index contributed by atoms with van der Waals surface area (Å²) >= 11 is 0. The van der Waals surface area contributed by atoms with E-state index in [4.69, 9.17) is 4.74 Å². The Labute approximate surface area is 168 Å². The fourth-order valence-electron chi connectivity index (χ4n) is 3.21. The Morgan fingerprint density at radius 2 is 1.86 bits per heavy atom. The molecule has 0 unspecified atom stereocenters. The second-order valence-corrected chi connectivity index (χ2v) is 8.30. The van der Waals surface area contributed by atoms with Crippen molar-refractivity contribution in [3.8, 4) is 0 Å². The smallest absolute Gasteiger partial charge is 0.407 e. The standard InChI is InChI=1S/C21H35N5O2/c1-6-22-19(24-14-18-15(2)8-7-13-23-18)25-16-9-11-17(12-10-16)26-20(27)28-21(3,4)5/h7-8,13,16-17H,6,9-12,14H2,1-5H3,(H,26,27)(H2,22,24,25). The molecule has 1 fully saturated rings. The summed E-state index contributed by atoms with van der Waals surface area (Å²) in [6, 6.07) is 4.51. The lowest BCUT2D eigenvalue weighted by molar-refractivity contribution is 0.0490. The van der Waals surface area contributed by atoms with Crippen molar-refractivity contribution in [1.82, 2.24) is 20.9 Å². The van der Waals surface area contributed by atoms with Gasteiger partial charge in [0, 0.05) is 24.8 Å². The van der Waals surface area contributed by atoms with E-state index in [1.165, 1.54) is 0 Å². The Morgan fingerprint density at radius 3 is 2.43 bits per heavy atom. The Hall–Kier alpha value is -2.31. The molecule has 7 nitrogen and oxygen atoms in total. The molecule has 1 heterocycles. The third kappa shape index (κ3) is 7.74. The van der Waals surface area contributed by atoms with Gasteiger partial charge < -0.3 is 20.7 Å². The highest BCUT2D eigenvalue weighted by molar-refractivity contribution is 5.80. The molecule has 0 saturated heterocycles. The van der Waals surface area contributed by atoms with Crippen LogP contribution in [-0.2, 0) is 11.3 Å². The first-order valence-electron chi connectivity index (χ1n) is 10.2. The second kappa shape index (κ2) is 10.3. The molecule has 1 aromatic heterocycles. The zero-order valence-corrected chi connectivity index (χ0v) is 17.8. The second-order valence-electron chi connectivity index (χ2n) is 8.30. The lowest BCUT2D eigenvalue weighted by Crippen LogP contribution is -2.48. The van der Waals surface area contributed by atoms with Gasteiger partial charge in [-0.1, -0.05) is 6.07 Å². The highest BCUT2D eigenvalue weighted by Gasteiger charge is 2.25. The monoisotopic (exact) mass is 389 g/mol. The molecular weight excluding hydrogens is 354 g/mol. The van der Waals surface area contributed by atoms with E-state index in [1.807, 2.05) is 26.8 Å². The fourth-order valence-corrected chi connectivity index (χ4v) is 3.21. The number of carbonyl (C=O) groups is 1. The Balaban J connectivity index is 1.82. The molecule has 0 atom stereocenters. The van der Waals surface area contributed by atoms with Crippen LogP contribution >= 0.6 is 0 Å². The number of guanidine groups is 1. The number of pyridine rings is 1. The molecule has 7 heteroatoms. The molecule has 28 heavy (non-hydrogen) atoms. The number of aryl methyl sites for hydroxylation is 1. The third-order valence-electron chi connectivity index (χ3n) is 4.64. The van der Waals surface area contributed by atoms with Crippen molar-refractivity contribution in [3.63, 3.8) is 0 Å². The topological polar surface area (TPSA) is 87.6 Å². The number of ether oxygens (including phenoxy) is 1. The molecule has 0 spiro atoms. The molecule has 0 aliphatic heterocycles. The van der Waals surface area contributed by atoms with Gasteiger partial charge >= 0.3 is 6.09 Å². The summed E-state index contributed by atoms with van der Waals surface area (Å²) in [6.45, 7) is 11.1. The van der Waals surface area contributed by atoms with Crippen molar-refractivity contribution in [1.29, 1.82) is 0 Å². The van der Waals surface area contributed by atoms with Gasteiger partial charge in [0.25, 0.3) is 0 Å². The van der Waals surface area contributed by atoms with Crippen LogP contribution in [0.4, 0.5) is 4.79 Å². The highest BCUT2D eigenvalue weighted by atomic mass is 16.6. The summed E-state index contributed by atoms with van der Waals surface area (Å²) in [5.41, 5.74) is 1.67. The van der Waals surface area contributed by atoms with Gasteiger partial charge in [-0.15, -0.1) is 0 Å². The molecule has 1 aliphatic rings. The first-order valence-corrected chi connectivity index (χ1v) is 10.2. The average Bonchev–Trinajstić information content (AvgIpc) is 2.61. The minimum Gasteiger partial charge on any atom is -0.444 e. The van der Waals surface area contributed by atoms with Crippen LogP contribution in [0, 0.1) is 6.92 Å². The summed E-state index contributed by atoms with van der Waals surface area (Å²) in [5, 5.41) is 9.82. The van der Waals surface area contributed by atoms with Gasteiger partial charge in [-0.25, -0.2) is 9.79 Å². The molecule has 1 aliphatic carbocycles. The number of hydrogen-bond acceptors (Lipinski definition) is 4. The number of aliphatic imine (C=N–C) groups is 1. The zero-order chi connectivity index (χ0) is 20.6. The summed E-state index contributed by atoms with van der Waals surface area (Å²) in [5.74, 6) is 0.816. The van der Waals surface area contributed by atoms with Crippen molar-refractivity contribution >= 4 is 12.1 Å². The Morgan fingerprint density at radius 1 is 1.21 bits per heavy atom. The molecule has 0 aromatic carbocycles. The molecule has 3 N–H and O–H groups in total. The largest absolute Gasteiger partial charge is 0.444 e. The quantitative estimate of drug-likeness (QED) is 0.531. The third-order valence-corrected chi connectivity index (χ3v) is 4.64. The number of hydrogen-bond donors (Lipinski definition) is 3. The van der Waals surface area contributed by atoms with Crippen LogP contribution in [-0.4, -0.2) is 41.3 Å².